The lowest BCUT2D eigenvalue weighted by Gasteiger charge is -2.37. The number of carbonyl (C=O) groups is 2. The zero-order valence-corrected chi connectivity index (χ0v) is 25.9. The van der Waals surface area contributed by atoms with Crippen molar-refractivity contribution in [1.82, 2.24) is 4.57 Å². The van der Waals surface area contributed by atoms with Crippen LogP contribution in [-0.4, -0.2) is 33.6 Å². The average molecular weight is 568 g/mol. The van der Waals surface area contributed by atoms with Crippen LogP contribution in [0.15, 0.2) is 89.1 Å². The fourth-order valence-electron chi connectivity index (χ4n) is 7.58. The highest BCUT2D eigenvalue weighted by atomic mass is 16.5. The van der Waals surface area contributed by atoms with Gasteiger partial charge < -0.3 is 14.4 Å². The number of esters is 1. The van der Waals surface area contributed by atoms with Gasteiger partial charge in [-0.2, -0.15) is 0 Å². The summed E-state index contributed by atoms with van der Waals surface area (Å²) >= 11 is 0. The van der Waals surface area contributed by atoms with Gasteiger partial charge in [0, 0.05) is 24.2 Å². The monoisotopic (exact) mass is 567 g/mol. The first-order valence-electron chi connectivity index (χ1n) is 15.3. The summed E-state index contributed by atoms with van der Waals surface area (Å²) in [5, 5.41) is 10.2. The van der Waals surface area contributed by atoms with Gasteiger partial charge in [0.2, 0.25) is 5.78 Å². The Hall–Kier alpha value is -3.44. The number of fused-ring (bicyclic) bond motifs is 1. The molecular formula is C37H45NO4. The molecule has 2 aromatic rings. The highest BCUT2D eigenvalue weighted by Crippen LogP contribution is 2.44. The zero-order valence-electron chi connectivity index (χ0n) is 25.9. The van der Waals surface area contributed by atoms with Gasteiger partial charge >= 0.3 is 5.97 Å². The predicted octanol–water partition coefficient (Wildman–Crippen LogP) is 7.86. The number of ether oxygens (including phenoxy) is 1. The first-order valence-corrected chi connectivity index (χ1v) is 15.3. The topological polar surface area (TPSA) is 68.5 Å². The Bertz CT molecular complexity index is 1480. The van der Waals surface area contributed by atoms with Crippen LogP contribution in [0, 0.1) is 10.8 Å². The van der Waals surface area contributed by atoms with Crippen molar-refractivity contribution < 1.29 is 19.4 Å². The van der Waals surface area contributed by atoms with Crippen LogP contribution >= 0.6 is 0 Å². The number of carbonyl (C=O) groups excluding carboxylic acids is 2. The molecule has 2 aliphatic carbocycles. The normalized spacial score (nSPS) is 25.4. The molecule has 0 radical (unpaired) electrons. The summed E-state index contributed by atoms with van der Waals surface area (Å²) in [5.41, 5.74) is 7.10. The number of aromatic nitrogens is 1. The molecule has 3 atom stereocenters. The third-order valence-corrected chi connectivity index (χ3v) is 9.42. The van der Waals surface area contributed by atoms with Crippen LogP contribution in [0.25, 0.3) is 0 Å². The number of allylic oxidation sites excluding steroid dienone is 6. The Balaban J connectivity index is 1.25. The maximum atomic E-state index is 13.4. The first-order chi connectivity index (χ1) is 19.9. The molecule has 0 bridgehead atoms. The molecule has 0 spiro atoms. The van der Waals surface area contributed by atoms with Crippen molar-refractivity contribution in [3.05, 3.63) is 106 Å². The van der Waals surface area contributed by atoms with E-state index in [1.807, 2.05) is 47.0 Å². The van der Waals surface area contributed by atoms with Crippen LogP contribution in [0.4, 0.5) is 0 Å². The second-order valence-corrected chi connectivity index (χ2v) is 13.7. The summed E-state index contributed by atoms with van der Waals surface area (Å²) < 4.78 is 8.14. The van der Waals surface area contributed by atoms with E-state index < -0.39 is 0 Å². The number of benzene rings is 1. The average Bonchev–Trinajstić information content (AvgIpc) is 3.51. The largest absolute Gasteiger partial charge is 0.461 e. The smallest absolute Gasteiger partial charge is 0.315 e. The molecule has 222 valence electrons. The van der Waals surface area contributed by atoms with Gasteiger partial charge in [-0.25, -0.2) is 0 Å². The summed E-state index contributed by atoms with van der Waals surface area (Å²) in [5.74, 6) is -0.553. The number of aliphatic hydroxyl groups is 1. The van der Waals surface area contributed by atoms with Crippen molar-refractivity contribution in [3.8, 4) is 0 Å². The number of ketones is 1. The molecule has 0 saturated carbocycles. The molecule has 0 saturated heterocycles. The van der Waals surface area contributed by atoms with E-state index in [1.165, 1.54) is 22.3 Å². The Labute approximate surface area is 250 Å². The third kappa shape index (κ3) is 6.03. The SMILES string of the molecule is CC1=C(C=CC=CC2=C(C)C[C@@H](OC(=O)C3CCn4c(C(=O)c5ccccc5)ccc43)CC2(C)C)C(C)(C)C[C@H](O)C1. The number of hydrogen-bond acceptors (Lipinski definition) is 4. The summed E-state index contributed by atoms with van der Waals surface area (Å²) in [4.78, 5) is 26.5. The number of nitrogens with zero attached hydrogens (tertiary/aromatic N) is 1. The maximum Gasteiger partial charge on any atom is 0.315 e. The molecule has 5 nitrogen and oxygen atoms in total. The fourth-order valence-corrected chi connectivity index (χ4v) is 7.58. The van der Waals surface area contributed by atoms with Gasteiger partial charge in [0.25, 0.3) is 0 Å². The summed E-state index contributed by atoms with van der Waals surface area (Å²) in [6.07, 6.45) is 11.9. The van der Waals surface area contributed by atoms with E-state index in [4.69, 9.17) is 4.74 Å². The van der Waals surface area contributed by atoms with Crippen LogP contribution in [-0.2, 0) is 16.1 Å². The minimum absolute atomic E-state index is 0.0193. The van der Waals surface area contributed by atoms with E-state index in [0.29, 0.717) is 24.2 Å². The lowest BCUT2D eigenvalue weighted by molar-refractivity contribution is -0.152. The highest BCUT2D eigenvalue weighted by Gasteiger charge is 2.38. The van der Waals surface area contributed by atoms with Crippen molar-refractivity contribution in [2.45, 2.75) is 98.3 Å². The summed E-state index contributed by atoms with van der Waals surface area (Å²) in [7, 11) is 0. The van der Waals surface area contributed by atoms with Gasteiger partial charge in [-0.15, -0.1) is 0 Å². The minimum Gasteiger partial charge on any atom is -0.461 e. The van der Waals surface area contributed by atoms with Gasteiger partial charge in [-0.1, -0.05) is 93.5 Å². The minimum atomic E-state index is -0.343. The van der Waals surface area contributed by atoms with E-state index in [-0.39, 0.29) is 40.7 Å². The highest BCUT2D eigenvalue weighted by molar-refractivity contribution is 6.08. The molecule has 0 fully saturated rings. The summed E-state index contributed by atoms with van der Waals surface area (Å²) in [6.45, 7) is 13.8. The lowest BCUT2D eigenvalue weighted by atomic mass is 9.71. The molecule has 1 N–H and O–H groups in total. The van der Waals surface area contributed by atoms with Crippen molar-refractivity contribution in [3.63, 3.8) is 0 Å². The van der Waals surface area contributed by atoms with E-state index in [0.717, 1.165) is 31.4 Å². The molecule has 0 amide bonds. The lowest BCUT2D eigenvalue weighted by Crippen LogP contribution is -2.33. The molecule has 3 aliphatic rings. The van der Waals surface area contributed by atoms with E-state index in [2.05, 4.69) is 65.8 Å². The zero-order chi connectivity index (χ0) is 30.2. The second kappa shape index (κ2) is 11.7. The Kier molecular flexibility index (Phi) is 8.35. The van der Waals surface area contributed by atoms with Gasteiger partial charge in [0.1, 0.15) is 6.10 Å². The third-order valence-electron chi connectivity index (χ3n) is 9.42. The van der Waals surface area contributed by atoms with Gasteiger partial charge in [-0.3, -0.25) is 9.59 Å². The number of hydrogen-bond donors (Lipinski definition) is 1. The number of rotatable bonds is 7. The van der Waals surface area contributed by atoms with Gasteiger partial charge in [0.05, 0.1) is 17.7 Å². The van der Waals surface area contributed by atoms with E-state index in [9.17, 15) is 14.7 Å². The molecule has 1 unspecified atom stereocenters. The quantitative estimate of drug-likeness (QED) is 0.210. The van der Waals surface area contributed by atoms with Crippen LogP contribution in [0.1, 0.15) is 101 Å². The van der Waals surface area contributed by atoms with Crippen LogP contribution in [0.5, 0.6) is 0 Å². The van der Waals surface area contributed by atoms with E-state index >= 15 is 0 Å². The molecule has 1 aromatic heterocycles. The molecule has 1 aromatic carbocycles. The summed E-state index contributed by atoms with van der Waals surface area (Å²) in [6, 6.07) is 13.0. The molecular weight excluding hydrogens is 522 g/mol. The molecule has 2 heterocycles. The maximum absolute atomic E-state index is 13.4. The van der Waals surface area contributed by atoms with Gasteiger partial charge in [-0.05, 0) is 73.6 Å². The van der Waals surface area contributed by atoms with Crippen molar-refractivity contribution in [2.24, 2.45) is 10.8 Å². The Morgan fingerprint density at radius 3 is 2.12 bits per heavy atom. The molecule has 1 aliphatic heterocycles. The van der Waals surface area contributed by atoms with Gasteiger partial charge in [0.15, 0.2) is 0 Å². The molecule has 5 rings (SSSR count). The van der Waals surface area contributed by atoms with Crippen LogP contribution in [0.2, 0.25) is 0 Å². The fraction of sp³-hybridized carbons (Fsp3) is 0.459. The predicted molar refractivity (Wildman–Crippen MR) is 167 cm³/mol. The second-order valence-electron chi connectivity index (χ2n) is 13.7. The van der Waals surface area contributed by atoms with E-state index in [1.54, 1.807) is 0 Å². The van der Waals surface area contributed by atoms with Crippen LogP contribution in [0.3, 0.4) is 0 Å². The molecule has 42 heavy (non-hydrogen) atoms. The Morgan fingerprint density at radius 2 is 1.50 bits per heavy atom. The Morgan fingerprint density at radius 1 is 0.881 bits per heavy atom. The van der Waals surface area contributed by atoms with Crippen molar-refractivity contribution >= 4 is 11.8 Å². The van der Waals surface area contributed by atoms with Crippen molar-refractivity contribution in [1.29, 1.82) is 0 Å². The van der Waals surface area contributed by atoms with Crippen molar-refractivity contribution in [2.75, 3.05) is 0 Å². The van der Waals surface area contributed by atoms with Crippen LogP contribution < -0.4 is 0 Å². The first kappa shape index (κ1) is 30.0. The number of aliphatic hydroxyl groups excluding tert-OH is 1. The molecule has 5 heteroatoms. The standard InChI is InChI=1S/C37H45NO4/c1-24-20-27(39)22-36(3,4)30(24)14-10-11-15-31-25(2)21-28(23-37(31,5)6)42-35(41)29-18-19-38-32(29)16-17-33(38)34(40)26-12-8-7-9-13-26/h7-17,27-29,39H,18-23H2,1-6H3/t27-,28-,29?/m1/s1.